The van der Waals surface area contributed by atoms with Crippen molar-refractivity contribution in [3.8, 4) is 0 Å². The summed E-state index contributed by atoms with van der Waals surface area (Å²) < 4.78 is 32.2. The average molecular weight is 292 g/mol. The van der Waals surface area contributed by atoms with Crippen LogP contribution >= 0.6 is 0 Å². The number of methoxy groups -OCH3 is 1. The molecular formula is C12H24N2O4S. The van der Waals surface area contributed by atoms with E-state index in [-0.39, 0.29) is 18.4 Å². The number of nitrogens with zero attached hydrogens (tertiary/aromatic N) is 2. The molecule has 7 heteroatoms. The maximum atomic E-state index is 12.3. The minimum atomic E-state index is -3.45. The summed E-state index contributed by atoms with van der Waals surface area (Å²) in [5.74, 6) is -0.663. The molecule has 0 radical (unpaired) electrons. The summed E-state index contributed by atoms with van der Waals surface area (Å²) in [7, 11) is -0.524. The highest BCUT2D eigenvalue weighted by atomic mass is 32.2. The molecule has 1 rings (SSSR count). The smallest absolute Gasteiger partial charge is 0.309 e. The van der Waals surface area contributed by atoms with Gasteiger partial charge in [0.1, 0.15) is 0 Å². The van der Waals surface area contributed by atoms with Crippen molar-refractivity contribution in [2.45, 2.75) is 32.6 Å². The van der Waals surface area contributed by atoms with Crippen molar-refractivity contribution in [2.75, 3.05) is 33.8 Å². The topological polar surface area (TPSA) is 66.9 Å². The first-order chi connectivity index (χ1) is 8.93. The number of hydrogen-bond acceptors (Lipinski definition) is 4. The zero-order valence-corrected chi connectivity index (χ0v) is 12.8. The van der Waals surface area contributed by atoms with Crippen molar-refractivity contribution in [1.82, 2.24) is 8.61 Å². The largest absolute Gasteiger partial charge is 0.469 e. The highest BCUT2D eigenvalue weighted by molar-refractivity contribution is 7.86. The fourth-order valence-corrected chi connectivity index (χ4v) is 3.69. The van der Waals surface area contributed by atoms with E-state index in [0.717, 1.165) is 12.8 Å². The second kappa shape index (κ2) is 7.21. The maximum Gasteiger partial charge on any atom is 0.309 e. The van der Waals surface area contributed by atoms with Gasteiger partial charge < -0.3 is 4.74 Å². The highest BCUT2D eigenvalue weighted by Gasteiger charge is 2.34. The summed E-state index contributed by atoms with van der Waals surface area (Å²) in [5, 5.41) is 0. The number of carbonyl (C=O) groups is 1. The molecule has 0 bridgehead atoms. The maximum absolute atomic E-state index is 12.3. The van der Waals surface area contributed by atoms with Gasteiger partial charge in [-0.1, -0.05) is 13.3 Å². The van der Waals surface area contributed by atoms with Crippen LogP contribution < -0.4 is 0 Å². The van der Waals surface area contributed by atoms with Crippen LogP contribution in [0.15, 0.2) is 0 Å². The molecule has 1 atom stereocenters. The first kappa shape index (κ1) is 16.4. The van der Waals surface area contributed by atoms with Crippen molar-refractivity contribution in [3.63, 3.8) is 0 Å². The molecule has 1 heterocycles. The van der Waals surface area contributed by atoms with Crippen molar-refractivity contribution < 1.29 is 17.9 Å². The number of piperidine rings is 1. The van der Waals surface area contributed by atoms with Gasteiger partial charge in [0.15, 0.2) is 0 Å². The Hall–Kier alpha value is -0.660. The Morgan fingerprint density at radius 3 is 2.74 bits per heavy atom. The van der Waals surface area contributed by atoms with E-state index in [4.69, 9.17) is 4.74 Å². The predicted octanol–water partition coefficient (Wildman–Crippen LogP) is 0.848. The van der Waals surface area contributed by atoms with E-state index < -0.39 is 10.2 Å². The highest BCUT2D eigenvalue weighted by Crippen LogP contribution is 2.21. The number of carbonyl (C=O) groups excluding carboxylic acids is 1. The van der Waals surface area contributed by atoms with E-state index >= 15 is 0 Å². The molecule has 1 aliphatic rings. The van der Waals surface area contributed by atoms with Gasteiger partial charge in [-0.25, -0.2) is 0 Å². The molecule has 0 saturated carbocycles. The third kappa shape index (κ3) is 4.15. The lowest BCUT2D eigenvalue weighted by Gasteiger charge is -2.33. The minimum absolute atomic E-state index is 0.228. The zero-order valence-electron chi connectivity index (χ0n) is 12.0. The van der Waals surface area contributed by atoms with E-state index in [1.54, 1.807) is 7.05 Å². The average Bonchev–Trinajstić information content (AvgIpc) is 2.43. The van der Waals surface area contributed by atoms with Gasteiger partial charge in [0.25, 0.3) is 10.2 Å². The third-order valence-electron chi connectivity index (χ3n) is 3.47. The van der Waals surface area contributed by atoms with Crippen LogP contribution in [0.25, 0.3) is 0 Å². The number of ether oxygens (including phenoxy) is 1. The Kier molecular flexibility index (Phi) is 6.22. The lowest BCUT2D eigenvalue weighted by atomic mass is 10.0. The van der Waals surface area contributed by atoms with Gasteiger partial charge >= 0.3 is 5.97 Å². The van der Waals surface area contributed by atoms with Gasteiger partial charge in [0.2, 0.25) is 0 Å². The van der Waals surface area contributed by atoms with Gasteiger partial charge in [0, 0.05) is 26.7 Å². The standard InChI is InChI=1S/C12H24N2O4S/c1-4-5-8-13(2)19(16,17)14-9-6-7-11(10-14)12(15)18-3/h11H,4-10H2,1-3H3/t11-/m0/s1. The van der Waals surface area contributed by atoms with Gasteiger partial charge in [-0.05, 0) is 19.3 Å². The molecule has 1 saturated heterocycles. The number of hydrogen-bond donors (Lipinski definition) is 0. The van der Waals surface area contributed by atoms with Crippen molar-refractivity contribution in [2.24, 2.45) is 5.92 Å². The van der Waals surface area contributed by atoms with Crippen molar-refractivity contribution in [1.29, 1.82) is 0 Å². The van der Waals surface area contributed by atoms with E-state index in [9.17, 15) is 13.2 Å². The second-order valence-corrected chi connectivity index (χ2v) is 6.94. The third-order valence-corrected chi connectivity index (χ3v) is 5.42. The van der Waals surface area contributed by atoms with Gasteiger partial charge in [-0.2, -0.15) is 17.0 Å². The lowest BCUT2D eigenvalue weighted by Crippen LogP contribution is -2.48. The zero-order chi connectivity index (χ0) is 14.5. The molecule has 19 heavy (non-hydrogen) atoms. The summed E-state index contributed by atoms with van der Waals surface area (Å²) in [6.07, 6.45) is 3.17. The molecule has 0 aromatic carbocycles. The van der Waals surface area contributed by atoms with Crippen LogP contribution in [-0.2, 0) is 19.7 Å². The molecule has 1 aliphatic heterocycles. The normalized spacial score (nSPS) is 21.6. The molecule has 112 valence electrons. The summed E-state index contributed by atoms with van der Waals surface area (Å²) >= 11 is 0. The van der Waals surface area contributed by atoms with Crippen molar-refractivity contribution in [3.05, 3.63) is 0 Å². The first-order valence-electron chi connectivity index (χ1n) is 6.72. The number of esters is 1. The van der Waals surface area contributed by atoms with Crippen LogP contribution in [0.3, 0.4) is 0 Å². The van der Waals surface area contributed by atoms with E-state index in [1.807, 2.05) is 6.92 Å². The molecule has 0 aromatic heterocycles. The minimum Gasteiger partial charge on any atom is -0.469 e. The fourth-order valence-electron chi connectivity index (χ4n) is 2.20. The lowest BCUT2D eigenvalue weighted by molar-refractivity contribution is -0.146. The Labute approximate surface area is 115 Å². The molecule has 0 aromatic rings. The van der Waals surface area contributed by atoms with E-state index in [2.05, 4.69) is 0 Å². The molecule has 0 aliphatic carbocycles. The van der Waals surface area contributed by atoms with Crippen LogP contribution in [0.4, 0.5) is 0 Å². The summed E-state index contributed by atoms with van der Waals surface area (Å²) in [4.78, 5) is 11.5. The Morgan fingerprint density at radius 1 is 1.47 bits per heavy atom. The van der Waals surface area contributed by atoms with Crippen LogP contribution in [0.1, 0.15) is 32.6 Å². The summed E-state index contributed by atoms with van der Waals surface area (Å²) in [5.41, 5.74) is 0. The molecule has 0 amide bonds. The first-order valence-corrected chi connectivity index (χ1v) is 8.12. The molecular weight excluding hydrogens is 268 g/mol. The second-order valence-electron chi connectivity index (χ2n) is 4.90. The molecule has 6 nitrogen and oxygen atoms in total. The predicted molar refractivity (Wildman–Crippen MR) is 72.8 cm³/mol. The Balaban J connectivity index is 2.69. The quantitative estimate of drug-likeness (QED) is 0.681. The van der Waals surface area contributed by atoms with Crippen LogP contribution in [0.2, 0.25) is 0 Å². The van der Waals surface area contributed by atoms with Crippen molar-refractivity contribution >= 4 is 16.2 Å². The summed E-state index contributed by atoms with van der Waals surface area (Å²) in [6.45, 7) is 3.24. The van der Waals surface area contributed by atoms with Crippen LogP contribution in [0.5, 0.6) is 0 Å². The molecule has 0 spiro atoms. The van der Waals surface area contributed by atoms with Crippen LogP contribution in [0, 0.1) is 5.92 Å². The molecule has 0 unspecified atom stereocenters. The Morgan fingerprint density at radius 2 is 2.16 bits per heavy atom. The molecule has 1 fully saturated rings. The van der Waals surface area contributed by atoms with Crippen LogP contribution in [-0.4, -0.2) is 56.8 Å². The SMILES string of the molecule is CCCCN(C)S(=O)(=O)N1CCC[C@H](C(=O)OC)C1. The number of rotatable bonds is 6. The fraction of sp³-hybridized carbons (Fsp3) is 0.917. The van der Waals surface area contributed by atoms with Gasteiger partial charge in [-0.15, -0.1) is 0 Å². The van der Waals surface area contributed by atoms with E-state index in [1.165, 1.54) is 15.7 Å². The summed E-state index contributed by atoms with van der Waals surface area (Å²) in [6, 6.07) is 0. The number of unbranched alkanes of at least 4 members (excludes halogenated alkanes) is 1. The Bertz CT molecular complexity index is 397. The van der Waals surface area contributed by atoms with E-state index in [0.29, 0.717) is 25.9 Å². The molecule has 0 N–H and O–H groups in total. The monoisotopic (exact) mass is 292 g/mol. The van der Waals surface area contributed by atoms with Gasteiger partial charge in [-0.3, -0.25) is 4.79 Å². The van der Waals surface area contributed by atoms with Gasteiger partial charge in [0.05, 0.1) is 13.0 Å².